The molecule has 4 heteroatoms. The Kier molecular flexibility index (Phi) is 3.24. The van der Waals surface area contributed by atoms with Crippen molar-refractivity contribution in [3.63, 3.8) is 0 Å². The van der Waals surface area contributed by atoms with E-state index in [1.54, 1.807) is 0 Å². The minimum Gasteiger partial charge on any atom is -0.328 e. The molecule has 2 amide bonds. The van der Waals surface area contributed by atoms with Crippen LogP contribution in [0.1, 0.15) is 42.5 Å². The largest absolute Gasteiger partial charge is 0.331 e. The Morgan fingerprint density at radius 2 is 2.22 bits per heavy atom. The maximum atomic E-state index is 11.5. The number of amides is 2. The van der Waals surface area contributed by atoms with Gasteiger partial charge in [-0.2, -0.15) is 5.26 Å². The maximum Gasteiger partial charge on any atom is 0.331 e. The van der Waals surface area contributed by atoms with Crippen molar-refractivity contribution in [3.05, 3.63) is 34.9 Å². The van der Waals surface area contributed by atoms with E-state index in [4.69, 9.17) is 5.26 Å². The van der Waals surface area contributed by atoms with E-state index in [1.807, 2.05) is 13.1 Å². The van der Waals surface area contributed by atoms with Gasteiger partial charge in [-0.1, -0.05) is 32.0 Å². The molecule has 0 radical (unpaired) electrons. The molecule has 0 spiro atoms. The number of nitrogens with one attached hydrogen (secondary N) is 1. The first-order chi connectivity index (χ1) is 8.52. The molecule has 1 unspecified atom stereocenters. The summed E-state index contributed by atoms with van der Waals surface area (Å²) < 4.78 is 0. The predicted molar refractivity (Wildman–Crippen MR) is 68.9 cm³/mol. The van der Waals surface area contributed by atoms with Gasteiger partial charge in [0.05, 0.1) is 12.6 Å². The van der Waals surface area contributed by atoms with E-state index in [0.29, 0.717) is 12.5 Å². The SMILES string of the molecule is Cc1ccc(C(C)C)cc1C1CN(C#N)C(=O)N1. The summed E-state index contributed by atoms with van der Waals surface area (Å²) in [6, 6.07) is 5.92. The number of benzene rings is 1. The van der Waals surface area contributed by atoms with E-state index in [1.165, 1.54) is 5.56 Å². The minimum atomic E-state index is -0.308. The van der Waals surface area contributed by atoms with Crippen molar-refractivity contribution in [2.75, 3.05) is 6.54 Å². The summed E-state index contributed by atoms with van der Waals surface area (Å²) in [5, 5.41) is 11.7. The number of carbonyl (C=O) groups is 1. The van der Waals surface area contributed by atoms with E-state index in [9.17, 15) is 4.79 Å². The van der Waals surface area contributed by atoms with Crippen LogP contribution in [0, 0.1) is 18.4 Å². The first-order valence-corrected chi connectivity index (χ1v) is 6.11. The number of hydrogen-bond acceptors (Lipinski definition) is 2. The van der Waals surface area contributed by atoms with Gasteiger partial charge in [-0.05, 0) is 29.5 Å². The van der Waals surface area contributed by atoms with E-state index in [-0.39, 0.29) is 12.1 Å². The second kappa shape index (κ2) is 4.69. The van der Waals surface area contributed by atoms with Gasteiger partial charge in [0.15, 0.2) is 6.19 Å². The Balaban J connectivity index is 2.32. The quantitative estimate of drug-likeness (QED) is 0.812. The highest BCUT2D eigenvalue weighted by Crippen LogP contribution is 2.26. The lowest BCUT2D eigenvalue weighted by Gasteiger charge is -2.15. The molecular weight excluding hydrogens is 226 g/mol. The molecule has 0 bridgehead atoms. The Bertz CT molecular complexity index is 516. The number of nitrogens with zero attached hydrogens (tertiary/aromatic N) is 2. The summed E-state index contributed by atoms with van der Waals surface area (Å²) in [5.41, 5.74) is 3.50. The molecule has 18 heavy (non-hydrogen) atoms. The lowest BCUT2D eigenvalue weighted by atomic mass is 9.94. The summed E-state index contributed by atoms with van der Waals surface area (Å²) in [6.07, 6.45) is 1.89. The molecular formula is C14H17N3O. The molecule has 1 N–H and O–H groups in total. The van der Waals surface area contributed by atoms with Crippen LogP contribution in [0.15, 0.2) is 18.2 Å². The van der Waals surface area contributed by atoms with Gasteiger partial charge in [-0.25, -0.2) is 9.69 Å². The maximum absolute atomic E-state index is 11.5. The summed E-state index contributed by atoms with van der Waals surface area (Å²) in [7, 11) is 0. The van der Waals surface area contributed by atoms with Gasteiger partial charge in [0, 0.05) is 0 Å². The Morgan fingerprint density at radius 3 is 2.78 bits per heavy atom. The number of aryl methyl sites for hydroxylation is 1. The molecule has 1 aromatic rings. The molecule has 1 aliphatic rings. The standard InChI is InChI=1S/C14H17N3O/c1-9(2)11-5-4-10(3)12(6-11)13-7-17(8-15)14(18)16-13/h4-6,9,13H,7H2,1-3H3,(H,16,18). The third-order valence-corrected chi connectivity index (χ3v) is 3.37. The van der Waals surface area contributed by atoms with Gasteiger partial charge in [0.2, 0.25) is 0 Å². The third-order valence-electron chi connectivity index (χ3n) is 3.37. The molecule has 1 aliphatic heterocycles. The number of urea groups is 1. The van der Waals surface area contributed by atoms with Gasteiger partial charge in [0.1, 0.15) is 0 Å². The van der Waals surface area contributed by atoms with Gasteiger partial charge in [0.25, 0.3) is 0 Å². The fourth-order valence-electron chi connectivity index (χ4n) is 2.19. The monoisotopic (exact) mass is 243 g/mol. The summed E-state index contributed by atoms with van der Waals surface area (Å²) in [6.45, 7) is 6.73. The first-order valence-electron chi connectivity index (χ1n) is 6.11. The van der Waals surface area contributed by atoms with Crippen molar-refractivity contribution in [2.24, 2.45) is 0 Å². The van der Waals surface area contributed by atoms with Crippen molar-refractivity contribution in [1.29, 1.82) is 5.26 Å². The van der Waals surface area contributed by atoms with Crippen LogP contribution in [0.3, 0.4) is 0 Å². The van der Waals surface area contributed by atoms with E-state index in [2.05, 4.69) is 37.4 Å². The highest BCUT2D eigenvalue weighted by molar-refractivity contribution is 5.78. The molecule has 0 aliphatic carbocycles. The van der Waals surface area contributed by atoms with E-state index in [0.717, 1.165) is 16.0 Å². The van der Waals surface area contributed by atoms with Gasteiger partial charge >= 0.3 is 6.03 Å². The molecule has 4 nitrogen and oxygen atoms in total. The fraction of sp³-hybridized carbons (Fsp3) is 0.429. The zero-order chi connectivity index (χ0) is 13.3. The van der Waals surface area contributed by atoms with Crippen LogP contribution in [0.2, 0.25) is 0 Å². The van der Waals surface area contributed by atoms with E-state index >= 15 is 0 Å². The van der Waals surface area contributed by atoms with Crippen molar-refractivity contribution >= 4 is 6.03 Å². The van der Waals surface area contributed by atoms with Crippen LogP contribution in [0.5, 0.6) is 0 Å². The third kappa shape index (κ3) is 2.17. The molecule has 0 saturated carbocycles. The van der Waals surface area contributed by atoms with Crippen LogP contribution in [0.4, 0.5) is 4.79 Å². The van der Waals surface area contributed by atoms with E-state index < -0.39 is 0 Å². The molecule has 1 heterocycles. The van der Waals surface area contributed by atoms with Gasteiger partial charge in [-0.15, -0.1) is 0 Å². The minimum absolute atomic E-state index is 0.0872. The molecule has 1 aromatic carbocycles. The highest BCUT2D eigenvalue weighted by Gasteiger charge is 2.30. The van der Waals surface area contributed by atoms with Crippen molar-refractivity contribution in [2.45, 2.75) is 32.7 Å². The van der Waals surface area contributed by atoms with Crippen LogP contribution >= 0.6 is 0 Å². The summed E-state index contributed by atoms with van der Waals surface area (Å²) in [4.78, 5) is 12.7. The molecule has 1 saturated heterocycles. The molecule has 1 fully saturated rings. The zero-order valence-corrected chi connectivity index (χ0v) is 10.9. The smallest absolute Gasteiger partial charge is 0.328 e. The lowest BCUT2D eigenvalue weighted by molar-refractivity contribution is 0.232. The molecule has 2 rings (SSSR count). The average molecular weight is 243 g/mol. The molecule has 1 atom stereocenters. The number of rotatable bonds is 2. The Labute approximate surface area is 107 Å². The Hall–Kier alpha value is -2.02. The van der Waals surface area contributed by atoms with Crippen LogP contribution < -0.4 is 5.32 Å². The molecule has 94 valence electrons. The van der Waals surface area contributed by atoms with Crippen LogP contribution in [-0.2, 0) is 0 Å². The van der Waals surface area contributed by atoms with Gasteiger partial charge in [-0.3, -0.25) is 0 Å². The zero-order valence-electron chi connectivity index (χ0n) is 10.9. The molecule has 0 aromatic heterocycles. The second-order valence-electron chi connectivity index (χ2n) is 4.98. The van der Waals surface area contributed by atoms with Crippen molar-refractivity contribution in [1.82, 2.24) is 10.2 Å². The average Bonchev–Trinajstić information content (AvgIpc) is 2.70. The van der Waals surface area contributed by atoms with Gasteiger partial charge < -0.3 is 5.32 Å². The summed E-state index contributed by atoms with van der Waals surface area (Å²) in [5.74, 6) is 0.452. The predicted octanol–water partition coefficient (Wildman–Crippen LogP) is 2.67. The van der Waals surface area contributed by atoms with Crippen molar-refractivity contribution < 1.29 is 4.79 Å². The summed E-state index contributed by atoms with van der Waals surface area (Å²) >= 11 is 0. The number of nitriles is 1. The number of hydrogen-bond donors (Lipinski definition) is 1. The highest BCUT2D eigenvalue weighted by atomic mass is 16.2. The fourth-order valence-corrected chi connectivity index (χ4v) is 2.19. The van der Waals surface area contributed by atoms with Crippen LogP contribution in [-0.4, -0.2) is 17.5 Å². The van der Waals surface area contributed by atoms with Crippen molar-refractivity contribution in [3.8, 4) is 6.19 Å². The number of carbonyl (C=O) groups excluding carboxylic acids is 1. The second-order valence-corrected chi connectivity index (χ2v) is 4.98. The topological polar surface area (TPSA) is 56.1 Å². The lowest BCUT2D eigenvalue weighted by Crippen LogP contribution is -2.23. The Morgan fingerprint density at radius 1 is 1.50 bits per heavy atom. The first kappa shape index (κ1) is 12.4. The van der Waals surface area contributed by atoms with Crippen LogP contribution in [0.25, 0.3) is 0 Å². The normalized spacial score (nSPS) is 18.9.